The zero-order valence-electron chi connectivity index (χ0n) is 9.49. The van der Waals surface area contributed by atoms with Gasteiger partial charge in [0.25, 0.3) is 0 Å². The van der Waals surface area contributed by atoms with Crippen molar-refractivity contribution < 1.29 is 14.2 Å². The molecule has 88 valence electrons. The molecule has 0 atom stereocenters. The lowest BCUT2D eigenvalue weighted by Crippen LogP contribution is -2.14. The Hall–Kier alpha value is -1.26. The molecule has 2 rings (SSSR count). The minimum Gasteiger partial charge on any atom is -0.496 e. The maximum atomic E-state index is 5.55. The van der Waals surface area contributed by atoms with E-state index in [2.05, 4.69) is 0 Å². The van der Waals surface area contributed by atoms with Crippen molar-refractivity contribution in [2.45, 2.75) is 19.4 Å². The van der Waals surface area contributed by atoms with E-state index in [0.29, 0.717) is 19.9 Å². The Bertz CT molecular complexity index is 366. The van der Waals surface area contributed by atoms with Crippen molar-refractivity contribution in [2.75, 3.05) is 20.4 Å². The van der Waals surface area contributed by atoms with Gasteiger partial charge in [-0.3, -0.25) is 0 Å². The van der Waals surface area contributed by atoms with E-state index in [0.717, 1.165) is 29.9 Å². The van der Waals surface area contributed by atoms with Gasteiger partial charge in [0.05, 0.1) is 19.3 Å². The summed E-state index contributed by atoms with van der Waals surface area (Å²) in [6.45, 7) is 1.56. The number of fused-ring (bicyclic) bond motifs is 1. The number of benzene rings is 1. The highest BCUT2D eigenvalue weighted by Crippen LogP contribution is 2.35. The third-order valence-electron chi connectivity index (χ3n) is 2.70. The molecule has 0 bridgehead atoms. The molecule has 0 spiro atoms. The number of rotatable bonds is 4. The quantitative estimate of drug-likeness (QED) is 0.839. The molecule has 2 N–H and O–H groups in total. The molecule has 16 heavy (non-hydrogen) atoms. The van der Waals surface area contributed by atoms with Gasteiger partial charge < -0.3 is 19.9 Å². The van der Waals surface area contributed by atoms with Gasteiger partial charge in [-0.2, -0.15) is 0 Å². The van der Waals surface area contributed by atoms with Crippen molar-refractivity contribution in [3.8, 4) is 11.5 Å². The van der Waals surface area contributed by atoms with Gasteiger partial charge in [0, 0.05) is 0 Å². The van der Waals surface area contributed by atoms with E-state index in [1.807, 2.05) is 12.1 Å². The minimum atomic E-state index is 0.315. The second kappa shape index (κ2) is 5.18. The highest BCUT2D eigenvalue weighted by molar-refractivity contribution is 5.50. The summed E-state index contributed by atoms with van der Waals surface area (Å²) in [7, 11) is 1.66. The second-order valence-corrected chi connectivity index (χ2v) is 3.74. The van der Waals surface area contributed by atoms with Crippen LogP contribution in [-0.2, 0) is 17.8 Å². The van der Waals surface area contributed by atoms with E-state index >= 15 is 0 Å². The van der Waals surface area contributed by atoms with E-state index in [1.54, 1.807) is 7.11 Å². The van der Waals surface area contributed by atoms with Crippen LogP contribution in [0.15, 0.2) is 12.1 Å². The smallest absolute Gasteiger partial charge is 0.189 e. The maximum absolute atomic E-state index is 5.55. The number of hydrogen-bond donors (Lipinski definition) is 1. The zero-order valence-corrected chi connectivity index (χ0v) is 9.49. The first kappa shape index (κ1) is 11.2. The molecule has 0 saturated carbocycles. The molecular formula is C12H17NO3. The van der Waals surface area contributed by atoms with Gasteiger partial charge in [-0.1, -0.05) is 6.07 Å². The first-order valence-corrected chi connectivity index (χ1v) is 5.46. The molecule has 0 unspecified atom stereocenters. The largest absolute Gasteiger partial charge is 0.496 e. The SMILES string of the molecule is COc1ccc(CCCN)c2c1COCO2. The van der Waals surface area contributed by atoms with Gasteiger partial charge in [-0.05, 0) is 31.0 Å². The van der Waals surface area contributed by atoms with Crippen molar-refractivity contribution >= 4 is 0 Å². The number of ether oxygens (including phenoxy) is 3. The molecule has 0 fully saturated rings. The van der Waals surface area contributed by atoms with Crippen molar-refractivity contribution in [3.05, 3.63) is 23.3 Å². The number of nitrogens with two attached hydrogens (primary N) is 1. The van der Waals surface area contributed by atoms with Gasteiger partial charge >= 0.3 is 0 Å². The predicted molar refractivity (Wildman–Crippen MR) is 60.7 cm³/mol. The molecule has 1 heterocycles. The molecule has 0 amide bonds. The predicted octanol–water partition coefficient (Wildman–Crippen LogP) is 1.45. The number of methoxy groups -OCH3 is 1. The normalized spacial score (nSPS) is 14.1. The monoisotopic (exact) mass is 223 g/mol. The highest BCUT2D eigenvalue weighted by Gasteiger charge is 2.19. The van der Waals surface area contributed by atoms with E-state index in [-0.39, 0.29) is 0 Å². The Balaban J connectivity index is 2.32. The maximum Gasteiger partial charge on any atom is 0.189 e. The lowest BCUT2D eigenvalue weighted by Gasteiger charge is -2.22. The Morgan fingerprint density at radius 1 is 1.44 bits per heavy atom. The Morgan fingerprint density at radius 3 is 3.06 bits per heavy atom. The van der Waals surface area contributed by atoms with Gasteiger partial charge in [0.15, 0.2) is 6.79 Å². The number of hydrogen-bond acceptors (Lipinski definition) is 4. The van der Waals surface area contributed by atoms with Crippen LogP contribution < -0.4 is 15.2 Å². The standard InChI is InChI=1S/C12H17NO3/c1-14-11-5-4-9(3-2-6-13)12-10(11)7-15-8-16-12/h4-5H,2-3,6-8,13H2,1H3. The Morgan fingerprint density at radius 2 is 2.31 bits per heavy atom. The minimum absolute atomic E-state index is 0.315. The zero-order chi connectivity index (χ0) is 11.4. The third kappa shape index (κ3) is 2.13. The van der Waals surface area contributed by atoms with Crippen LogP contribution in [0.3, 0.4) is 0 Å². The van der Waals surface area contributed by atoms with Gasteiger partial charge in [0.1, 0.15) is 11.5 Å². The summed E-state index contributed by atoms with van der Waals surface area (Å²) in [5, 5.41) is 0. The molecule has 0 saturated heterocycles. The van der Waals surface area contributed by atoms with E-state index in [1.165, 1.54) is 5.56 Å². The van der Waals surface area contributed by atoms with Crippen LogP contribution in [-0.4, -0.2) is 20.4 Å². The molecule has 1 aliphatic heterocycles. The summed E-state index contributed by atoms with van der Waals surface area (Å²) < 4.78 is 16.1. The van der Waals surface area contributed by atoms with Crippen LogP contribution >= 0.6 is 0 Å². The second-order valence-electron chi connectivity index (χ2n) is 3.74. The van der Waals surface area contributed by atoms with E-state index in [9.17, 15) is 0 Å². The van der Waals surface area contributed by atoms with Gasteiger partial charge in [-0.25, -0.2) is 0 Å². The van der Waals surface area contributed by atoms with Crippen molar-refractivity contribution in [1.82, 2.24) is 0 Å². The molecule has 0 aromatic heterocycles. The average molecular weight is 223 g/mol. The summed E-state index contributed by atoms with van der Waals surface area (Å²) >= 11 is 0. The molecule has 0 radical (unpaired) electrons. The van der Waals surface area contributed by atoms with Crippen LogP contribution in [0.5, 0.6) is 11.5 Å². The highest BCUT2D eigenvalue weighted by atomic mass is 16.7. The Labute approximate surface area is 95.3 Å². The fourth-order valence-electron chi connectivity index (χ4n) is 1.90. The average Bonchev–Trinajstić information content (AvgIpc) is 2.36. The number of aryl methyl sites for hydroxylation is 1. The van der Waals surface area contributed by atoms with Crippen molar-refractivity contribution in [2.24, 2.45) is 5.73 Å². The fraction of sp³-hybridized carbons (Fsp3) is 0.500. The topological polar surface area (TPSA) is 53.7 Å². The van der Waals surface area contributed by atoms with Crippen molar-refractivity contribution in [1.29, 1.82) is 0 Å². The van der Waals surface area contributed by atoms with Crippen LogP contribution in [0.2, 0.25) is 0 Å². The van der Waals surface area contributed by atoms with Crippen LogP contribution in [0, 0.1) is 0 Å². The first-order chi connectivity index (χ1) is 7.86. The molecular weight excluding hydrogens is 206 g/mol. The summed E-state index contributed by atoms with van der Waals surface area (Å²) in [6, 6.07) is 4.00. The van der Waals surface area contributed by atoms with Crippen molar-refractivity contribution in [3.63, 3.8) is 0 Å². The van der Waals surface area contributed by atoms with E-state index < -0.39 is 0 Å². The summed E-state index contributed by atoms with van der Waals surface area (Å²) in [4.78, 5) is 0. The summed E-state index contributed by atoms with van der Waals surface area (Å²) in [5.74, 6) is 1.74. The van der Waals surface area contributed by atoms with E-state index in [4.69, 9.17) is 19.9 Å². The molecule has 1 aromatic rings. The molecule has 4 heteroatoms. The first-order valence-electron chi connectivity index (χ1n) is 5.46. The van der Waals surface area contributed by atoms with Gasteiger partial charge in [0.2, 0.25) is 0 Å². The molecule has 1 aromatic carbocycles. The summed E-state index contributed by atoms with van der Waals surface area (Å²) in [6.07, 6.45) is 1.89. The Kier molecular flexibility index (Phi) is 3.64. The van der Waals surface area contributed by atoms with Crippen LogP contribution in [0.1, 0.15) is 17.5 Å². The van der Waals surface area contributed by atoms with Crippen LogP contribution in [0.4, 0.5) is 0 Å². The molecule has 0 aliphatic carbocycles. The van der Waals surface area contributed by atoms with Gasteiger partial charge in [-0.15, -0.1) is 0 Å². The third-order valence-corrected chi connectivity index (χ3v) is 2.70. The van der Waals surface area contributed by atoms with Crippen LogP contribution in [0.25, 0.3) is 0 Å². The fourth-order valence-corrected chi connectivity index (χ4v) is 1.90. The molecule has 4 nitrogen and oxygen atoms in total. The summed E-state index contributed by atoms with van der Waals surface area (Å²) in [5.41, 5.74) is 7.71. The lowest BCUT2D eigenvalue weighted by molar-refractivity contribution is -0.0181. The molecule has 1 aliphatic rings. The lowest BCUT2D eigenvalue weighted by atomic mass is 10.0.